The molecular formula is C16H23N3O5S. The van der Waals surface area contributed by atoms with Gasteiger partial charge in [-0.25, -0.2) is 13.1 Å². The fraction of sp³-hybridized carbons (Fsp3) is 0.500. The molecule has 8 nitrogen and oxygen atoms in total. The summed E-state index contributed by atoms with van der Waals surface area (Å²) in [4.78, 5) is 16.1. The molecule has 0 saturated carbocycles. The van der Waals surface area contributed by atoms with Crippen LogP contribution in [0.2, 0.25) is 0 Å². The normalized spacial score (nSPS) is 23.4. The van der Waals surface area contributed by atoms with Crippen LogP contribution < -0.4 is 10.0 Å². The first-order valence-corrected chi connectivity index (χ1v) is 9.70. The molecule has 1 aliphatic heterocycles. The number of amides is 1. The van der Waals surface area contributed by atoms with Crippen LogP contribution >= 0.6 is 0 Å². The number of nitrogens with one attached hydrogen (secondary N) is 2. The van der Waals surface area contributed by atoms with Crippen molar-refractivity contribution in [3.05, 3.63) is 42.2 Å². The number of carbonyl (C=O) groups excluding carboxylic acids is 1. The third-order valence-electron chi connectivity index (χ3n) is 3.74. The summed E-state index contributed by atoms with van der Waals surface area (Å²) < 4.78 is 31.4. The molecule has 0 unspecified atom stereocenters. The predicted molar refractivity (Wildman–Crippen MR) is 92.0 cm³/mol. The Morgan fingerprint density at radius 3 is 2.80 bits per heavy atom. The smallest absolute Gasteiger partial charge is 0.223 e. The van der Waals surface area contributed by atoms with Crippen molar-refractivity contribution < 1.29 is 23.1 Å². The molecule has 2 rings (SSSR count). The second-order valence-corrected chi connectivity index (χ2v) is 7.67. The minimum Gasteiger partial charge on any atom is -0.394 e. The van der Waals surface area contributed by atoms with Crippen LogP contribution in [0.4, 0.5) is 0 Å². The van der Waals surface area contributed by atoms with Gasteiger partial charge in [0.15, 0.2) is 0 Å². The summed E-state index contributed by atoms with van der Waals surface area (Å²) in [5, 5.41) is 12.2. The predicted octanol–water partition coefficient (Wildman–Crippen LogP) is -0.288. The van der Waals surface area contributed by atoms with Gasteiger partial charge in [-0.1, -0.05) is 18.2 Å². The lowest BCUT2D eigenvalue weighted by molar-refractivity contribution is -0.125. The Labute approximate surface area is 147 Å². The van der Waals surface area contributed by atoms with Crippen molar-refractivity contribution in [1.82, 2.24) is 15.0 Å². The third kappa shape index (κ3) is 6.20. The van der Waals surface area contributed by atoms with Crippen molar-refractivity contribution in [2.24, 2.45) is 0 Å². The number of aromatic nitrogens is 1. The molecule has 0 spiro atoms. The molecule has 0 bridgehead atoms. The van der Waals surface area contributed by atoms with Crippen LogP contribution in [-0.4, -0.2) is 55.0 Å². The van der Waals surface area contributed by atoms with Crippen LogP contribution in [0.1, 0.15) is 19.0 Å². The van der Waals surface area contributed by atoms with E-state index in [2.05, 4.69) is 15.0 Å². The van der Waals surface area contributed by atoms with Gasteiger partial charge in [0.25, 0.3) is 0 Å². The molecule has 0 fully saturated rings. The van der Waals surface area contributed by atoms with Crippen LogP contribution in [0, 0.1) is 0 Å². The van der Waals surface area contributed by atoms with Crippen molar-refractivity contribution in [2.45, 2.75) is 38.1 Å². The van der Waals surface area contributed by atoms with Crippen molar-refractivity contribution in [3.63, 3.8) is 0 Å². The van der Waals surface area contributed by atoms with Gasteiger partial charge in [0.1, 0.15) is 6.10 Å². The number of ether oxygens (including phenoxy) is 1. The van der Waals surface area contributed by atoms with Crippen molar-refractivity contribution in [2.75, 3.05) is 12.4 Å². The second kappa shape index (κ2) is 9.04. The Morgan fingerprint density at radius 1 is 1.36 bits per heavy atom. The van der Waals surface area contributed by atoms with Crippen LogP contribution in [0.15, 0.2) is 36.5 Å². The van der Waals surface area contributed by atoms with Gasteiger partial charge < -0.3 is 15.2 Å². The molecule has 1 amide bonds. The fourth-order valence-electron chi connectivity index (χ4n) is 2.35. The van der Waals surface area contributed by atoms with Gasteiger partial charge >= 0.3 is 0 Å². The highest BCUT2D eigenvalue weighted by atomic mass is 32.2. The number of aliphatic hydroxyl groups excluding tert-OH is 1. The van der Waals surface area contributed by atoms with Gasteiger partial charge in [-0.2, -0.15) is 0 Å². The van der Waals surface area contributed by atoms with E-state index in [-0.39, 0.29) is 24.7 Å². The number of aliphatic hydroxyl groups is 1. The van der Waals surface area contributed by atoms with E-state index in [0.717, 1.165) is 5.69 Å². The van der Waals surface area contributed by atoms with Crippen LogP contribution in [-0.2, 0) is 26.1 Å². The van der Waals surface area contributed by atoms with Gasteiger partial charge in [-0.15, -0.1) is 0 Å². The lowest BCUT2D eigenvalue weighted by Crippen LogP contribution is -2.49. The molecular weight excluding hydrogens is 346 g/mol. The molecule has 0 aliphatic carbocycles. The molecule has 0 saturated heterocycles. The molecule has 1 aromatic rings. The van der Waals surface area contributed by atoms with Gasteiger partial charge in [0.05, 0.1) is 43.2 Å². The van der Waals surface area contributed by atoms with Gasteiger partial charge in [-0.05, 0) is 19.1 Å². The summed E-state index contributed by atoms with van der Waals surface area (Å²) in [6, 6.07) is 4.79. The zero-order chi connectivity index (χ0) is 18.3. The molecule has 1 aliphatic rings. The average Bonchev–Trinajstić information content (AvgIpc) is 2.62. The van der Waals surface area contributed by atoms with E-state index in [1.54, 1.807) is 24.4 Å². The van der Waals surface area contributed by atoms with E-state index >= 15 is 0 Å². The maximum absolute atomic E-state index is 12.0. The number of sulfonamides is 1. The maximum Gasteiger partial charge on any atom is 0.223 e. The van der Waals surface area contributed by atoms with Crippen molar-refractivity contribution in [1.29, 1.82) is 0 Å². The van der Waals surface area contributed by atoms with Crippen LogP contribution in [0.3, 0.4) is 0 Å². The van der Waals surface area contributed by atoms with Crippen molar-refractivity contribution in [3.8, 4) is 0 Å². The van der Waals surface area contributed by atoms with Gasteiger partial charge in [0, 0.05) is 6.20 Å². The van der Waals surface area contributed by atoms with Crippen LogP contribution in [0.5, 0.6) is 0 Å². The molecule has 25 heavy (non-hydrogen) atoms. The third-order valence-corrected chi connectivity index (χ3v) is 5.13. The minimum absolute atomic E-state index is 0.0607. The maximum atomic E-state index is 12.0. The van der Waals surface area contributed by atoms with E-state index in [9.17, 15) is 18.3 Å². The summed E-state index contributed by atoms with van der Waals surface area (Å²) in [6.45, 7) is 1.49. The monoisotopic (exact) mass is 369 g/mol. The topological polar surface area (TPSA) is 118 Å². The van der Waals surface area contributed by atoms with Crippen molar-refractivity contribution >= 4 is 15.9 Å². The number of carbonyl (C=O) groups is 1. The van der Waals surface area contributed by atoms with Gasteiger partial charge in [-0.3, -0.25) is 9.78 Å². The first kappa shape index (κ1) is 19.5. The first-order chi connectivity index (χ1) is 11.9. The highest BCUT2D eigenvalue weighted by Crippen LogP contribution is 2.16. The number of nitrogens with zero attached hydrogens (tertiary/aromatic N) is 1. The second-order valence-electron chi connectivity index (χ2n) is 5.63. The molecule has 3 N–H and O–H groups in total. The molecule has 3 atom stereocenters. The Hall–Kier alpha value is -1.81. The zero-order valence-electron chi connectivity index (χ0n) is 14.0. The van der Waals surface area contributed by atoms with E-state index in [4.69, 9.17) is 4.74 Å². The number of hydrogen-bond acceptors (Lipinski definition) is 6. The van der Waals surface area contributed by atoms with E-state index < -0.39 is 28.3 Å². The Morgan fingerprint density at radius 2 is 2.16 bits per heavy atom. The Bertz CT molecular complexity index is 693. The summed E-state index contributed by atoms with van der Waals surface area (Å²) in [6.07, 6.45) is 3.72. The standard InChI is InChI=1S/C16H23N3O5S/c1-2-25(22,23)19-14-7-6-13(24-15(14)11-20)9-16(21)18-10-12-5-3-4-8-17-12/h3-8,13-15,19-20H,2,9-11H2,1H3,(H,18,21)/t13-,14-,15-/m1/s1. The van der Waals surface area contributed by atoms with Crippen LogP contribution in [0.25, 0.3) is 0 Å². The minimum atomic E-state index is -3.42. The van der Waals surface area contributed by atoms with E-state index in [1.165, 1.54) is 6.92 Å². The summed E-state index contributed by atoms with van der Waals surface area (Å²) in [5.41, 5.74) is 0.748. The average molecular weight is 369 g/mol. The Balaban J connectivity index is 1.87. The lowest BCUT2D eigenvalue weighted by Gasteiger charge is -2.31. The molecule has 2 heterocycles. The quantitative estimate of drug-likeness (QED) is 0.542. The fourth-order valence-corrected chi connectivity index (χ4v) is 3.16. The summed E-state index contributed by atoms with van der Waals surface area (Å²) >= 11 is 0. The summed E-state index contributed by atoms with van der Waals surface area (Å²) in [5.74, 6) is -0.279. The highest BCUT2D eigenvalue weighted by Gasteiger charge is 2.30. The zero-order valence-corrected chi connectivity index (χ0v) is 14.8. The number of pyridine rings is 1. The largest absolute Gasteiger partial charge is 0.394 e. The summed E-state index contributed by atoms with van der Waals surface area (Å²) in [7, 11) is -3.42. The Kier molecular flexibility index (Phi) is 7.06. The van der Waals surface area contributed by atoms with E-state index in [1.807, 2.05) is 12.1 Å². The number of rotatable bonds is 8. The lowest BCUT2D eigenvalue weighted by atomic mass is 10.1. The first-order valence-electron chi connectivity index (χ1n) is 8.04. The molecule has 1 aromatic heterocycles. The molecule has 9 heteroatoms. The number of hydrogen-bond donors (Lipinski definition) is 3. The van der Waals surface area contributed by atoms with E-state index in [0.29, 0.717) is 6.54 Å². The molecule has 138 valence electrons. The molecule has 0 aromatic carbocycles. The van der Waals surface area contributed by atoms with Gasteiger partial charge in [0.2, 0.25) is 15.9 Å². The highest BCUT2D eigenvalue weighted by molar-refractivity contribution is 7.89. The SMILES string of the molecule is CCS(=O)(=O)N[C@@H]1C=C[C@H](CC(=O)NCc2ccccn2)O[C@@H]1CO. The molecule has 0 radical (unpaired) electrons.